The predicted octanol–water partition coefficient (Wildman–Crippen LogP) is 3.61. The van der Waals surface area contributed by atoms with Gasteiger partial charge in [0.2, 0.25) is 0 Å². The molecule has 1 fully saturated rings. The molecule has 0 atom stereocenters. The number of carbonyl (C=O) groups is 1. The number of benzene rings is 1. The molecule has 0 aliphatic carbocycles. The van der Waals surface area contributed by atoms with Crippen LogP contribution in [0.4, 0.5) is 4.79 Å². The van der Waals surface area contributed by atoms with E-state index in [0.29, 0.717) is 12.5 Å². The molecule has 1 saturated heterocycles. The van der Waals surface area contributed by atoms with Crippen molar-refractivity contribution >= 4 is 6.09 Å². The van der Waals surface area contributed by atoms with Gasteiger partial charge in [0, 0.05) is 13.1 Å². The molecule has 2 rings (SSSR count). The first-order valence-corrected chi connectivity index (χ1v) is 6.78. The van der Waals surface area contributed by atoms with Crippen LogP contribution in [0.2, 0.25) is 0 Å². The highest BCUT2D eigenvalue weighted by Gasteiger charge is 2.23. The van der Waals surface area contributed by atoms with Gasteiger partial charge in [0.15, 0.2) is 0 Å². The van der Waals surface area contributed by atoms with Crippen molar-refractivity contribution in [3.63, 3.8) is 0 Å². The maximum atomic E-state index is 11.9. The first-order chi connectivity index (χ1) is 9.16. The van der Waals surface area contributed by atoms with Gasteiger partial charge in [-0.1, -0.05) is 42.5 Å². The summed E-state index contributed by atoms with van der Waals surface area (Å²) in [5.41, 5.74) is 2.24. The Kier molecular flexibility index (Phi) is 4.61. The van der Waals surface area contributed by atoms with Crippen molar-refractivity contribution in [2.24, 2.45) is 5.92 Å². The summed E-state index contributed by atoms with van der Waals surface area (Å²) >= 11 is 0. The molecular formula is C16H21NO2. The predicted molar refractivity (Wildman–Crippen MR) is 75.7 cm³/mol. The van der Waals surface area contributed by atoms with Crippen LogP contribution in [0.3, 0.4) is 0 Å². The summed E-state index contributed by atoms with van der Waals surface area (Å²) in [7, 11) is 0. The van der Waals surface area contributed by atoms with Crippen molar-refractivity contribution < 1.29 is 9.53 Å². The molecule has 1 heterocycles. The first-order valence-electron chi connectivity index (χ1n) is 6.78. The monoisotopic (exact) mass is 259 g/mol. The first kappa shape index (κ1) is 13.7. The quantitative estimate of drug-likeness (QED) is 0.776. The van der Waals surface area contributed by atoms with Crippen molar-refractivity contribution in [1.82, 2.24) is 4.90 Å². The summed E-state index contributed by atoms with van der Waals surface area (Å²) in [5, 5.41) is 0. The lowest BCUT2D eigenvalue weighted by Gasteiger charge is -2.31. The number of hydrogen-bond acceptors (Lipinski definition) is 2. The van der Waals surface area contributed by atoms with E-state index in [1.807, 2.05) is 30.3 Å². The summed E-state index contributed by atoms with van der Waals surface area (Å²) in [6.45, 7) is 7.94. The molecule has 0 bridgehead atoms. The van der Waals surface area contributed by atoms with Gasteiger partial charge < -0.3 is 9.64 Å². The minimum absolute atomic E-state index is 0.205. The van der Waals surface area contributed by atoms with E-state index in [9.17, 15) is 4.79 Å². The number of nitrogens with zero attached hydrogens (tertiary/aromatic N) is 1. The minimum Gasteiger partial charge on any atom is -0.445 e. The molecule has 1 aliphatic rings. The highest BCUT2D eigenvalue weighted by atomic mass is 16.6. The molecule has 3 heteroatoms. The number of hydrogen-bond donors (Lipinski definition) is 0. The fourth-order valence-corrected chi connectivity index (χ4v) is 2.37. The fourth-order valence-electron chi connectivity index (χ4n) is 2.37. The Morgan fingerprint density at radius 2 is 1.95 bits per heavy atom. The van der Waals surface area contributed by atoms with Crippen molar-refractivity contribution in [3.8, 4) is 0 Å². The number of rotatable bonds is 3. The summed E-state index contributed by atoms with van der Waals surface area (Å²) in [6.07, 6.45) is 1.79. The SMILES string of the molecule is C=C(C)C1CCN(C(=O)OCc2ccccc2)CC1. The maximum absolute atomic E-state index is 11.9. The van der Waals surface area contributed by atoms with E-state index in [2.05, 4.69) is 13.5 Å². The molecule has 1 aromatic carbocycles. The van der Waals surface area contributed by atoms with E-state index in [4.69, 9.17) is 4.74 Å². The molecule has 1 amide bonds. The summed E-state index contributed by atoms with van der Waals surface area (Å²) in [5.74, 6) is 0.554. The van der Waals surface area contributed by atoms with Crippen molar-refractivity contribution in [2.75, 3.05) is 13.1 Å². The van der Waals surface area contributed by atoms with E-state index in [0.717, 1.165) is 31.5 Å². The van der Waals surface area contributed by atoms with E-state index in [1.165, 1.54) is 5.57 Å². The van der Waals surface area contributed by atoms with Crippen LogP contribution in [-0.2, 0) is 11.3 Å². The van der Waals surface area contributed by atoms with Crippen molar-refractivity contribution in [2.45, 2.75) is 26.4 Å². The van der Waals surface area contributed by atoms with Gasteiger partial charge in [-0.05, 0) is 31.2 Å². The second-order valence-corrected chi connectivity index (χ2v) is 5.15. The molecule has 102 valence electrons. The molecule has 0 aromatic heterocycles. The largest absolute Gasteiger partial charge is 0.445 e. The number of likely N-dealkylation sites (tertiary alicyclic amines) is 1. The van der Waals surface area contributed by atoms with Crippen LogP contribution >= 0.6 is 0 Å². The number of carbonyl (C=O) groups excluding carboxylic acids is 1. The average molecular weight is 259 g/mol. The third-order valence-electron chi connectivity index (χ3n) is 3.66. The zero-order valence-corrected chi connectivity index (χ0v) is 11.5. The standard InChI is InChI=1S/C16H21NO2/c1-13(2)15-8-10-17(11-9-15)16(18)19-12-14-6-4-3-5-7-14/h3-7,15H,1,8-12H2,2H3. The Morgan fingerprint density at radius 1 is 1.32 bits per heavy atom. The van der Waals surface area contributed by atoms with Crippen LogP contribution in [0.1, 0.15) is 25.3 Å². The second kappa shape index (κ2) is 6.41. The van der Waals surface area contributed by atoms with Crippen LogP contribution in [0, 0.1) is 5.92 Å². The normalized spacial score (nSPS) is 16.2. The summed E-state index contributed by atoms with van der Waals surface area (Å²) in [4.78, 5) is 13.7. The Labute approximate surface area is 114 Å². The zero-order valence-electron chi connectivity index (χ0n) is 11.5. The van der Waals surface area contributed by atoms with Crippen LogP contribution < -0.4 is 0 Å². The Bertz CT molecular complexity index is 433. The van der Waals surface area contributed by atoms with Crippen molar-refractivity contribution in [3.05, 3.63) is 48.0 Å². The average Bonchev–Trinajstić information content (AvgIpc) is 2.46. The highest BCUT2D eigenvalue weighted by molar-refractivity contribution is 5.67. The fraction of sp³-hybridized carbons (Fsp3) is 0.438. The summed E-state index contributed by atoms with van der Waals surface area (Å²) in [6, 6.07) is 9.76. The number of piperidine rings is 1. The van der Waals surface area contributed by atoms with Crippen molar-refractivity contribution in [1.29, 1.82) is 0 Å². The molecule has 0 spiro atoms. The second-order valence-electron chi connectivity index (χ2n) is 5.15. The van der Waals surface area contributed by atoms with Gasteiger partial charge in [-0.25, -0.2) is 4.79 Å². The number of ether oxygens (including phenoxy) is 1. The van der Waals surface area contributed by atoms with Crippen LogP contribution in [0.15, 0.2) is 42.5 Å². The smallest absolute Gasteiger partial charge is 0.410 e. The third-order valence-corrected chi connectivity index (χ3v) is 3.66. The van der Waals surface area contributed by atoms with Crippen LogP contribution in [0.25, 0.3) is 0 Å². The van der Waals surface area contributed by atoms with Gasteiger partial charge in [-0.2, -0.15) is 0 Å². The topological polar surface area (TPSA) is 29.5 Å². The molecule has 19 heavy (non-hydrogen) atoms. The van der Waals surface area contributed by atoms with E-state index < -0.39 is 0 Å². The lowest BCUT2D eigenvalue weighted by atomic mass is 9.91. The summed E-state index contributed by atoms with van der Waals surface area (Å²) < 4.78 is 5.33. The Hall–Kier alpha value is -1.77. The number of amides is 1. The molecule has 1 aromatic rings. The Morgan fingerprint density at radius 3 is 2.53 bits per heavy atom. The van der Waals surface area contributed by atoms with Gasteiger partial charge in [0.1, 0.15) is 6.61 Å². The molecule has 0 N–H and O–H groups in total. The van der Waals surface area contributed by atoms with E-state index >= 15 is 0 Å². The maximum Gasteiger partial charge on any atom is 0.410 e. The lowest BCUT2D eigenvalue weighted by Crippen LogP contribution is -2.38. The van der Waals surface area contributed by atoms with E-state index in [-0.39, 0.29) is 6.09 Å². The van der Waals surface area contributed by atoms with Gasteiger partial charge in [0.05, 0.1) is 0 Å². The van der Waals surface area contributed by atoms with Crippen LogP contribution in [0.5, 0.6) is 0 Å². The van der Waals surface area contributed by atoms with Gasteiger partial charge in [0.25, 0.3) is 0 Å². The van der Waals surface area contributed by atoms with Gasteiger partial charge in [-0.15, -0.1) is 0 Å². The van der Waals surface area contributed by atoms with Gasteiger partial charge >= 0.3 is 6.09 Å². The lowest BCUT2D eigenvalue weighted by molar-refractivity contribution is 0.0848. The molecule has 0 radical (unpaired) electrons. The van der Waals surface area contributed by atoms with Crippen LogP contribution in [-0.4, -0.2) is 24.1 Å². The number of allylic oxidation sites excluding steroid dienone is 1. The molecule has 0 unspecified atom stereocenters. The van der Waals surface area contributed by atoms with E-state index in [1.54, 1.807) is 4.90 Å². The molecule has 0 saturated carbocycles. The molecular weight excluding hydrogens is 238 g/mol. The molecule has 1 aliphatic heterocycles. The molecule has 3 nitrogen and oxygen atoms in total. The third kappa shape index (κ3) is 3.85. The minimum atomic E-state index is -0.205. The zero-order chi connectivity index (χ0) is 13.7. The Balaban J connectivity index is 1.77. The van der Waals surface area contributed by atoms with Gasteiger partial charge in [-0.3, -0.25) is 0 Å². The highest BCUT2D eigenvalue weighted by Crippen LogP contribution is 2.23.